The van der Waals surface area contributed by atoms with Gasteiger partial charge in [-0.3, -0.25) is 0 Å². The minimum absolute atomic E-state index is 0.0910. The molecule has 0 bridgehead atoms. The smallest absolute Gasteiger partial charge is 0.0547 e. The van der Waals surface area contributed by atoms with Crippen LogP contribution in [-0.4, -0.2) is 4.57 Å². The molecule has 8 aromatic carbocycles. The van der Waals surface area contributed by atoms with E-state index in [1.54, 1.807) is 0 Å². The van der Waals surface area contributed by atoms with E-state index in [0.29, 0.717) is 0 Å². The Labute approximate surface area is 310 Å². The van der Waals surface area contributed by atoms with Crippen LogP contribution in [0.5, 0.6) is 0 Å². The van der Waals surface area contributed by atoms with Gasteiger partial charge in [0.25, 0.3) is 0 Å². The normalized spacial score (nSPS) is 12.9. The van der Waals surface area contributed by atoms with Gasteiger partial charge in [-0.1, -0.05) is 147 Å². The second-order valence-corrected chi connectivity index (χ2v) is 14.6. The summed E-state index contributed by atoms with van der Waals surface area (Å²) in [5.74, 6) is 0. The Bertz CT molecular complexity index is 2770. The van der Waals surface area contributed by atoms with Crippen LogP contribution >= 0.6 is 0 Å². The highest BCUT2D eigenvalue weighted by atomic mass is 15.1. The molecule has 1 aliphatic rings. The summed E-state index contributed by atoms with van der Waals surface area (Å²) in [4.78, 5) is 2.40. The van der Waals surface area contributed by atoms with Crippen molar-refractivity contribution in [3.8, 4) is 39.1 Å². The SMILES string of the molecule is CC1(C)c2ccccc2-c2ccc(N(c3ccc(-c4ccccc4)cc3)c3ccc(-c4cccc5c4c4ccccc4n5-c4ccccc4)cc3)cc21. The number of hydrogen-bond acceptors (Lipinski definition) is 1. The summed E-state index contributed by atoms with van der Waals surface area (Å²) in [5.41, 5.74) is 17.2. The van der Waals surface area contributed by atoms with Crippen LogP contribution in [0, 0.1) is 0 Å². The number of rotatable bonds is 6. The van der Waals surface area contributed by atoms with Crippen molar-refractivity contribution in [2.24, 2.45) is 0 Å². The number of para-hydroxylation sites is 2. The number of benzene rings is 8. The first-order valence-electron chi connectivity index (χ1n) is 18.4. The molecule has 0 spiro atoms. The van der Waals surface area contributed by atoms with Crippen LogP contribution in [0.25, 0.3) is 60.9 Å². The Morgan fingerprint density at radius 1 is 0.396 bits per heavy atom. The van der Waals surface area contributed by atoms with Gasteiger partial charge in [-0.2, -0.15) is 0 Å². The molecule has 1 aliphatic carbocycles. The molecule has 0 amide bonds. The summed E-state index contributed by atoms with van der Waals surface area (Å²) >= 11 is 0. The summed E-state index contributed by atoms with van der Waals surface area (Å²) in [7, 11) is 0. The minimum Gasteiger partial charge on any atom is -0.310 e. The van der Waals surface area contributed by atoms with E-state index in [9.17, 15) is 0 Å². The van der Waals surface area contributed by atoms with Crippen molar-refractivity contribution >= 4 is 38.9 Å². The molecule has 0 N–H and O–H groups in total. The highest BCUT2D eigenvalue weighted by molar-refractivity contribution is 6.15. The average molecular weight is 679 g/mol. The number of aromatic nitrogens is 1. The van der Waals surface area contributed by atoms with Crippen molar-refractivity contribution in [3.05, 3.63) is 205 Å². The van der Waals surface area contributed by atoms with Crippen molar-refractivity contribution in [2.45, 2.75) is 19.3 Å². The van der Waals surface area contributed by atoms with Crippen LogP contribution in [0.2, 0.25) is 0 Å². The van der Waals surface area contributed by atoms with E-state index >= 15 is 0 Å². The molecule has 2 nitrogen and oxygen atoms in total. The second-order valence-electron chi connectivity index (χ2n) is 14.6. The Hall–Kier alpha value is -6.64. The summed E-state index contributed by atoms with van der Waals surface area (Å²) in [5, 5.41) is 2.53. The molecule has 10 rings (SSSR count). The number of hydrogen-bond donors (Lipinski definition) is 0. The quantitative estimate of drug-likeness (QED) is 0.170. The molecule has 0 saturated carbocycles. The van der Waals surface area contributed by atoms with E-state index in [4.69, 9.17) is 0 Å². The molecule has 2 heteroatoms. The van der Waals surface area contributed by atoms with Gasteiger partial charge in [0.05, 0.1) is 11.0 Å². The van der Waals surface area contributed by atoms with E-state index in [0.717, 1.165) is 17.1 Å². The average Bonchev–Trinajstić information content (AvgIpc) is 3.68. The molecule has 0 atom stereocenters. The van der Waals surface area contributed by atoms with Crippen molar-refractivity contribution in [2.75, 3.05) is 4.90 Å². The summed E-state index contributed by atoms with van der Waals surface area (Å²) in [6.45, 7) is 4.70. The maximum Gasteiger partial charge on any atom is 0.0547 e. The molecule has 1 heterocycles. The van der Waals surface area contributed by atoms with Gasteiger partial charge in [0.15, 0.2) is 0 Å². The highest BCUT2D eigenvalue weighted by Crippen LogP contribution is 2.51. The van der Waals surface area contributed by atoms with Gasteiger partial charge in [0, 0.05) is 38.9 Å². The van der Waals surface area contributed by atoms with Gasteiger partial charge < -0.3 is 9.47 Å². The predicted molar refractivity (Wildman–Crippen MR) is 224 cm³/mol. The van der Waals surface area contributed by atoms with Crippen LogP contribution in [0.1, 0.15) is 25.0 Å². The van der Waals surface area contributed by atoms with Gasteiger partial charge in [-0.15, -0.1) is 0 Å². The van der Waals surface area contributed by atoms with Crippen molar-refractivity contribution in [1.82, 2.24) is 4.57 Å². The third-order valence-electron chi connectivity index (χ3n) is 11.2. The number of fused-ring (bicyclic) bond motifs is 6. The standard InChI is InChI=1S/C51H38N2/c1-51(2)46-21-11-9-18-43(46)44-33-32-41(34-47(44)51)52(39-28-24-36(25-29-39)35-14-5-3-6-15-35)40-30-26-37(27-31-40)42-20-13-23-49-50(42)45-19-10-12-22-48(45)53(49)38-16-7-4-8-17-38/h3-34H,1-2H3. The van der Waals surface area contributed by atoms with Crippen molar-refractivity contribution in [3.63, 3.8) is 0 Å². The van der Waals surface area contributed by atoms with Crippen LogP contribution in [0.15, 0.2) is 194 Å². The Kier molecular flexibility index (Phi) is 7.19. The van der Waals surface area contributed by atoms with Crippen LogP contribution in [0.4, 0.5) is 17.1 Å². The fourth-order valence-electron chi connectivity index (χ4n) is 8.62. The van der Waals surface area contributed by atoms with Crippen LogP contribution < -0.4 is 4.90 Å². The lowest BCUT2D eigenvalue weighted by molar-refractivity contribution is 0.660. The van der Waals surface area contributed by atoms with Gasteiger partial charge in [-0.05, 0) is 105 Å². The monoisotopic (exact) mass is 678 g/mol. The zero-order chi connectivity index (χ0) is 35.5. The topological polar surface area (TPSA) is 8.17 Å². The van der Waals surface area contributed by atoms with Gasteiger partial charge >= 0.3 is 0 Å². The summed E-state index contributed by atoms with van der Waals surface area (Å²) < 4.78 is 2.39. The Balaban J connectivity index is 1.11. The van der Waals surface area contributed by atoms with Crippen LogP contribution in [0.3, 0.4) is 0 Å². The Morgan fingerprint density at radius 2 is 0.943 bits per heavy atom. The lowest BCUT2D eigenvalue weighted by atomic mass is 9.82. The summed E-state index contributed by atoms with van der Waals surface area (Å²) in [6, 6.07) is 70.7. The third kappa shape index (κ3) is 5.02. The minimum atomic E-state index is -0.0910. The van der Waals surface area contributed by atoms with E-state index in [2.05, 4.69) is 217 Å². The Morgan fingerprint density at radius 3 is 1.70 bits per heavy atom. The van der Waals surface area contributed by atoms with Gasteiger partial charge in [0.1, 0.15) is 0 Å². The first kappa shape index (κ1) is 31.1. The molecule has 252 valence electrons. The molecule has 0 aliphatic heterocycles. The van der Waals surface area contributed by atoms with Crippen molar-refractivity contribution in [1.29, 1.82) is 0 Å². The van der Waals surface area contributed by atoms with Gasteiger partial charge in [0.2, 0.25) is 0 Å². The molecule has 1 aromatic heterocycles. The first-order valence-corrected chi connectivity index (χ1v) is 18.4. The van der Waals surface area contributed by atoms with E-state index in [1.807, 2.05) is 0 Å². The lowest BCUT2D eigenvalue weighted by Crippen LogP contribution is -2.16. The molecule has 0 radical (unpaired) electrons. The molecular formula is C51H38N2. The summed E-state index contributed by atoms with van der Waals surface area (Å²) in [6.07, 6.45) is 0. The molecular weight excluding hydrogens is 641 g/mol. The molecule has 0 saturated heterocycles. The molecule has 0 unspecified atom stereocenters. The van der Waals surface area contributed by atoms with E-state index in [1.165, 1.54) is 72.0 Å². The number of nitrogens with zero attached hydrogens (tertiary/aromatic N) is 2. The predicted octanol–water partition coefficient (Wildman–Crippen LogP) is 13.9. The molecule has 53 heavy (non-hydrogen) atoms. The second kappa shape index (κ2) is 12.3. The molecule has 0 fully saturated rings. The lowest BCUT2D eigenvalue weighted by Gasteiger charge is -2.28. The van der Waals surface area contributed by atoms with E-state index < -0.39 is 0 Å². The largest absolute Gasteiger partial charge is 0.310 e. The van der Waals surface area contributed by atoms with Gasteiger partial charge in [-0.25, -0.2) is 0 Å². The maximum atomic E-state index is 2.41. The zero-order valence-electron chi connectivity index (χ0n) is 29.9. The van der Waals surface area contributed by atoms with Crippen molar-refractivity contribution < 1.29 is 0 Å². The first-order chi connectivity index (χ1) is 26.1. The van der Waals surface area contributed by atoms with Crippen LogP contribution in [-0.2, 0) is 5.41 Å². The zero-order valence-corrected chi connectivity index (χ0v) is 29.9. The fraction of sp³-hybridized carbons (Fsp3) is 0.0588. The van der Waals surface area contributed by atoms with E-state index in [-0.39, 0.29) is 5.41 Å². The number of anilines is 3. The fourth-order valence-corrected chi connectivity index (χ4v) is 8.62. The molecule has 9 aromatic rings. The maximum absolute atomic E-state index is 2.41. The third-order valence-corrected chi connectivity index (χ3v) is 11.2. The highest BCUT2D eigenvalue weighted by Gasteiger charge is 2.35.